The molecule has 7 atom stereocenters. The zero-order chi connectivity index (χ0) is 41.6. The van der Waals surface area contributed by atoms with E-state index in [2.05, 4.69) is 19.2 Å². The molecule has 0 bridgehead atoms. The van der Waals surface area contributed by atoms with Gasteiger partial charge in [-0.3, -0.25) is 4.79 Å². The van der Waals surface area contributed by atoms with E-state index < -0.39 is 49.5 Å². The zero-order valence-corrected chi connectivity index (χ0v) is 37.1. The Kier molecular flexibility index (Phi) is 37.0. The van der Waals surface area contributed by atoms with E-state index in [1.165, 1.54) is 173 Å². The highest BCUT2D eigenvalue weighted by molar-refractivity contribution is 5.76. The van der Waals surface area contributed by atoms with Gasteiger partial charge in [-0.2, -0.15) is 0 Å². The van der Waals surface area contributed by atoms with Crippen LogP contribution in [0.4, 0.5) is 0 Å². The van der Waals surface area contributed by atoms with Crippen molar-refractivity contribution in [3.63, 3.8) is 0 Å². The molecule has 1 aliphatic rings. The van der Waals surface area contributed by atoms with E-state index in [1.807, 2.05) is 6.08 Å². The molecule has 0 aromatic rings. The van der Waals surface area contributed by atoms with Crippen LogP contribution in [0, 0.1) is 0 Å². The lowest BCUT2D eigenvalue weighted by molar-refractivity contribution is -0.302. The first-order chi connectivity index (χ1) is 27.8. The van der Waals surface area contributed by atoms with E-state index in [1.54, 1.807) is 6.08 Å². The molecule has 1 aliphatic heterocycles. The number of carbonyl (C=O) groups is 1. The Labute approximate surface area is 350 Å². The van der Waals surface area contributed by atoms with Gasteiger partial charge in [-0.25, -0.2) is 0 Å². The van der Waals surface area contributed by atoms with Gasteiger partial charge in [0.05, 0.1) is 25.4 Å². The van der Waals surface area contributed by atoms with Gasteiger partial charge in [0, 0.05) is 6.42 Å². The molecule has 0 radical (unpaired) electrons. The lowest BCUT2D eigenvalue weighted by Crippen LogP contribution is -2.60. The Morgan fingerprint density at radius 2 is 0.965 bits per heavy atom. The normalized spacial score (nSPS) is 21.0. The molecule has 0 aliphatic carbocycles. The standard InChI is InChI=1S/C48H93NO8/c1-3-5-7-9-11-13-15-17-18-19-20-21-22-23-24-26-28-30-32-34-36-38-44(52)49-41(40-56-48-47(55)46(54)45(53)43(39-50)57-48)42(51)37-35-33-31-29-27-25-16-14-12-10-8-6-4-2/h35,37,41-43,45-48,50-51,53-55H,3-34,36,38-40H2,1-2H3,(H,49,52)/b37-35-/t41-,42-,43-,45-,46+,47-,48-/m1/s1. The topological polar surface area (TPSA) is 149 Å². The van der Waals surface area contributed by atoms with Crippen molar-refractivity contribution in [1.82, 2.24) is 5.32 Å². The number of unbranched alkanes of at least 4 members (excludes halogenated alkanes) is 31. The fraction of sp³-hybridized carbons (Fsp3) is 0.938. The second-order valence-electron chi connectivity index (χ2n) is 17.3. The van der Waals surface area contributed by atoms with Gasteiger partial charge in [-0.1, -0.05) is 219 Å². The van der Waals surface area contributed by atoms with E-state index in [4.69, 9.17) is 9.47 Å². The molecule has 0 aromatic carbocycles. The predicted molar refractivity (Wildman–Crippen MR) is 235 cm³/mol. The summed E-state index contributed by atoms with van der Waals surface area (Å²) in [7, 11) is 0. The quantitative estimate of drug-likeness (QED) is 0.0264. The summed E-state index contributed by atoms with van der Waals surface area (Å²) in [6.45, 7) is 3.79. The first-order valence-corrected chi connectivity index (χ1v) is 24.4. The average Bonchev–Trinajstić information content (AvgIpc) is 3.21. The summed E-state index contributed by atoms with van der Waals surface area (Å²) in [5, 5.41) is 54.2. The second-order valence-corrected chi connectivity index (χ2v) is 17.3. The monoisotopic (exact) mass is 812 g/mol. The molecule has 0 spiro atoms. The van der Waals surface area contributed by atoms with Crippen LogP contribution in [0.1, 0.15) is 232 Å². The van der Waals surface area contributed by atoms with Crippen LogP contribution >= 0.6 is 0 Å². The molecule has 9 heteroatoms. The Morgan fingerprint density at radius 1 is 0.579 bits per heavy atom. The van der Waals surface area contributed by atoms with Gasteiger partial charge in [0.15, 0.2) is 6.29 Å². The van der Waals surface area contributed by atoms with Crippen molar-refractivity contribution < 1.29 is 39.8 Å². The summed E-state index contributed by atoms with van der Waals surface area (Å²) < 4.78 is 11.2. The van der Waals surface area contributed by atoms with Crippen molar-refractivity contribution >= 4 is 5.91 Å². The van der Waals surface area contributed by atoms with Crippen molar-refractivity contribution in [2.45, 2.75) is 275 Å². The summed E-state index contributed by atoms with van der Waals surface area (Å²) in [4.78, 5) is 13.0. The molecule has 1 rings (SSSR count). The third kappa shape index (κ3) is 29.7. The zero-order valence-electron chi connectivity index (χ0n) is 37.1. The molecule has 9 nitrogen and oxygen atoms in total. The fourth-order valence-corrected chi connectivity index (χ4v) is 7.92. The molecule has 1 heterocycles. The van der Waals surface area contributed by atoms with Crippen molar-refractivity contribution in [1.29, 1.82) is 0 Å². The van der Waals surface area contributed by atoms with Crippen molar-refractivity contribution in [3.05, 3.63) is 12.2 Å². The Morgan fingerprint density at radius 3 is 1.37 bits per heavy atom. The average molecular weight is 812 g/mol. The van der Waals surface area contributed by atoms with E-state index in [9.17, 15) is 30.3 Å². The van der Waals surface area contributed by atoms with Crippen LogP contribution in [-0.4, -0.2) is 87.5 Å². The SMILES string of the molecule is CCCCCCCCCCCCC/C=C\[C@@H](O)[C@@H](CO[C@@H]1O[C@H](CO)[C@@H](O)[C@H](O)[C@H]1O)NC(=O)CCCCCCCCCCCCCCCCCCCCCCC. The Balaban J connectivity index is 2.27. The highest BCUT2D eigenvalue weighted by Crippen LogP contribution is 2.23. The molecular formula is C48H93NO8. The maximum Gasteiger partial charge on any atom is 0.220 e. The van der Waals surface area contributed by atoms with Gasteiger partial charge in [-0.15, -0.1) is 0 Å². The number of hydrogen-bond acceptors (Lipinski definition) is 8. The molecule has 1 amide bonds. The van der Waals surface area contributed by atoms with E-state index in [0.717, 1.165) is 38.5 Å². The minimum Gasteiger partial charge on any atom is -0.394 e. The summed E-state index contributed by atoms with van der Waals surface area (Å²) >= 11 is 0. The van der Waals surface area contributed by atoms with Crippen LogP contribution in [0.25, 0.3) is 0 Å². The van der Waals surface area contributed by atoms with Crippen LogP contribution in [0.2, 0.25) is 0 Å². The second kappa shape index (κ2) is 39.1. The number of hydrogen-bond donors (Lipinski definition) is 6. The molecule has 6 N–H and O–H groups in total. The lowest BCUT2D eigenvalue weighted by atomic mass is 9.99. The van der Waals surface area contributed by atoms with Crippen LogP contribution in [0.5, 0.6) is 0 Å². The maximum absolute atomic E-state index is 13.0. The lowest BCUT2D eigenvalue weighted by Gasteiger charge is -2.40. The third-order valence-corrected chi connectivity index (χ3v) is 11.9. The van der Waals surface area contributed by atoms with Crippen LogP contribution < -0.4 is 5.32 Å². The van der Waals surface area contributed by atoms with Crippen LogP contribution in [-0.2, 0) is 14.3 Å². The number of amides is 1. The summed E-state index contributed by atoms with van der Waals surface area (Å²) in [5.41, 5.74) is 0. The van der Waals surface area contributed by atoms with Gasteiger partial charge in [0.25, 0.3) is 0 Å². The summed E-state index contributed by atoms with van der Waals surface area (Å²) in [6.07, 6.45) is 38.3. The fourth-order valence-electron chi connectivity index (χ4n) is 7.92. The van der Waals surface area contributed by atoms with Crippen LogP contribution in [0.3, 0.4) is 0 Å². The van der Waals surface area contributed by atoms with Crippen LogP contribution in [0.15, 0.2) is 12.2 Å². The number of nitrogens with one attached hydrogen (secondary N) is 1. The number of rotatable bonds is 41. The number of ether oxygens (including phenoxy) is 2. The minimum absolute atomic E-state index is 0.173. The van der Waals surface area contributed by atoms with Crippen molar-refractivity contribution in [2.24, 2.45) is 0 Å². The number of aliphatic hydroxyl groups is 5. The molecular weight excluding hydrogens is 719 g/mol. The van der Waals surface area contributed by atoms with Gasteiger partial charge in [0.2, 0.25) is 5.91 Å². The van der Waals surface area contributed by atoms with E-state index in [0.29, 0.717) is 6.42 Å². The molecule has 1 saturated heterocycles. The number of allylic oxidation sites excluding steroid dienone is 1. The minimum atomic E-state index is -1.56. The van der Waals surface area contributed by atoms with Gasteiger partial charge in [0.1, 0.15) is 24.4 Å². The summed E-state index contributed by atoms with van der Waals surface area (Å²) in [5.74, 6) is -0.173. The molecule has 0 aromatic heterocycles. The highest BCUT2D eigenvalue weighted by atomic mass is 16.7. The van der Waals surface area contributed by atoms with Gasteiger partial charge in [-0.05, 0) is 19.3 Å². The van der Waals surface area contributed by atoms with E-state index >= 15 is 0 Å². The van der Waals surface area contributed by atoms with Crippen molar-refractivity contribution in [2.75, 3.05) is 13.2 Å². The largest absolute Gasteiger partial charge is 0.394 e. The molecule has 57 heavy (non-hydrogen) atoms. The van der Waals surface area contributed by atoms with Gasteiger partial charge < -0.3 is 40.3 Å². The Bertz CT molecular complexity index is 904. The number of aliphatic hydroxyl groups excluding tert-OH is 5. The van der Waals surface area contributed by atoms with Crippen molar-refractivity contribution in [3.8, 4) is 0 Å². The summed E-state index contributed by atoms with van der Waals surface area (Å²) in [6, 6.07) is -0.798. The smallest absolute Gasteiger partial charge is 0.220 e. The molecule has 0 unspecified atom stereocenters. The maximum atomic E-state index is 13.0. The molecule has 1 fully saturated rings. The van der Waals surface area contributed by atoms with E-state index in [-0.39, 0.29) is 12.5 Å². The third-order valence-electron chi connectivity index (χ3n) is 11.9. The Hall–Kier alpha value is -1.07. The molecule has 338 valence electrons. The molecule has 0 saturated carbocycles. The predicted octanol–water partition coefficient (Wildman–Crippen LogP) is 10.5. The highest BCUT2D eigenvalue weighted by Gasteiger charge is 2.44. The first-order valence-electron chi connectivity index (χ1n) is 24.4. The van der Waals surface area contributed by atoms with Gasteiger partial charge >= 0.3 is 0 Å². The first kappa shape index (κ1) is 53.9. The number of carbonyl (C=O) groups excluding carboxylic acids is 1.